The van der Waals surface area contributed by atoms with Gasteiger partial charge in [-0.15, -0.1) is 11.3 Å². The Morgan fingerprint density at radius 1 is 1.40 bits per heavy atom. The average molecular weight is 224 g/mol. The van der Waals surface area contributed by atoms with Crippen molar-refractivity contribution in [1.29, 1.82) is 0 Å². The van der Waals surface area contributed by atoms with Gasteiger partial charge in [0.05, 0.1) is 5.69 Å². The minimum atomic E-state index is 0.611. The summed E-state index contributed by atoms with van der Waals surface area (Å²) in [6.07, 6.45) is 5.24. The van der Waals surface area contributed by atoms with Crippen LogP contribution in [-0.4, -0.2) is 18.1 Å². The van der Waals surface area contributed by atoms with Gasteiger partial charge < -0.3 is 4.90 Å². The molecule has 1 aromatic rings. The van der Waals surface area contributed by atoms with Gasteiger partial charge in [-0.25, -0.2) is 4.98 Å². The second-order valence-electron chi connectivity index (χ2n) is 4.41. The third-order valence-corrected chi connectivity index (χ3v) is 4.17. The van der Waals surface area contributed by atoms with Crippen molar-refractivity contribution in [2.24, 2.45) is 0 Å². The van der Waals surface area contributed by atoms with Crippen LogP contribution in [0.25, 0.3) is 0 Å². The van der Waals surface area contributed by atoms with Gasteiger partial charge in [0.2, 0.25) is 0 Å². The molecule has 15 heavy (non-hydrogen) atoms. The van der Waals surface area contributed by atoms with Crippen LogP contribution in [0.15, 0.2) is 5.38 Å². The monoisotopic (exact) mass is 224 g/mol. The van der Waals surface area contributed by atoms with Crippen LogP contribution in [0.3, 0.4) is 0 Å². The van der Waals surface area contributed by atoms with Crippen molar-refractivity contribution in [2.45, 2.75) is 45.4 Å². The number of anilines is 1. The fourth-order valence-corrected chi connectivity index (χ4v) is 2.94. The summed E-state index contributed by atoms with van der Waals surface area (Å²) in [7, 11) is 0. The highest BCUT2D eigenvalue weighted by Crippen LogP contribution is 2.28. The maximum atomic E-state index is 4.75. The van der Waals surface area contributed by atoms with Crippen LogP contribution in [0.5, 0.6) is 0 Å². The molecule has 1 saturated heterocycles. The van der Waals surface area contributed by atoms with E-state index in [1.54, 1.807) is 0 Å². The smallest absolute Gasteiger partial charge is 0.185 e. The van der Waals surface area contributed by atoms with Gasteiger partial charge in [0, 0.05) is 18.5 Å². The Hall–Kier alpha value is -0.570. The van der Waals surface area contributed by atoms with E-state index in [4.69, 9.17) is 4.98 Å². The summed E-state index contributed by atoms with van der Waals surface area (Å²) < 4.78 is 0. The Labute approximate surface area is 96.3 Å². The van der Waals surface area contributed by atoms with Crippen LogP contribution in [0.1, 0.15) is 51.1 Å². The zero-order valence-corrected chi connectivity index (χ0v) is 10.5. The van der Waals surface area contributed by atoms with Gasteiger partial charge in [-0.3, -0.25) is 0 Å². The quantitative estimate of drug-likeness (QED) is 0.779. The Kier molecular flexibility index (Phi) is 3.62. The molecule has 1 fully saturated rings. The van der Waals surface area contributed by atoms with E-state index in [2.05, 4.69) is 24.1 Å². The zero-order chi connectivity index (χ0) is 10.7. The van der Waals surface area contributed by atoms with E-state index in [-0.39, 0.29) is 0 Å². The van der Waals surface area contributed by atoms with Gasteiger partial charge in [-0.1, -0.05) is 13.8 Å². The lowest BCUT2D eigenvalue weighted by molar-refractivity contribution is 0.575. The molecule has 0 amide bonds. The molecule has 0 N–H and O–H groups in total. The summed E-state index contributed by atoms with van der Waals surface area (Å²) in [5, 5.41) is 3.47. The fourth-order valence-electron chi connectivity index (χ4n) is 1.94. The lowest BCUT2D eigenvalue weighted by atomic mass is 10.1. The molecule has 0 spiro atoms. The molecule has 0 unspecified atom stereocenters. The number of piperidine rings is 1. The summed E-state index contributed by atoms with van der Waals surface area (Å²) >= 11 is 1.81. The molecule has 0 aliphatic carbocycles. The highest BCUT2D eigenvalue weighted by atomic mass is 32.1. The molecule has 2 heterocycles. The molecule has 1 aliphatic heterocycles. The lowest BCUT2D eigenvalue weighted by Gasteiger charge is -2.25. The van der Waals surface area contributed by atoms with Gasteiger partial charge >= 0.3 is 0 Å². The van der Waals surface area contributed by atoms with Crippen molar-refractivity contribution in [2.75, 3.05) is 18.0 Å². The third kappa shape index (κ3) is 2.51. The summed E-state index contributed by atoms with van der Waals surface area (Å²) in [6, 6.07) is 0. The second-order valence-corrected chi connectivity index (χ2v) is 5.25. The Bertz CT molecular complexity index is 302. The summed E-state index contributed by atoms with van der Waals surface area (Å²) in [5.41, 5.74) is 1.28. The molecule has 0 saturated carbocycles. The second kappa shape index (κ2) is 4.97. The molecule has 0 aromatic carbocycles. The summed E-state index contributed by atoms with van der Waals surface area (Å²) in [6.45, 7) is 6.89. The molecule has 3 heteroatoms. The van der Waals surface area contributed by atoms with E-state index in [0.717, 1.165) is 0 Å². The van der Waals surface area contributed by atoms with Crippen molar-refractivity contribution in [1.82, 2.24) is 4.98 Å². The molecule has 1 atom stereocenters. The van der Waals surface area contributed by atoms with E-state index in [1.807, 2.05) is 11.3 Å². The third-order valence-electron chi connectivity index (χ3n) is 3.25. The molecule has 2 nitrogen and oxygen atoms in total. The topological polar surface area (TPSA) is 16.1 Å². The summed E-state index contributed by atoms with van der Waals surface area (Å²) in [5.74, 6) is 0.611. The fraction of sp³-hybridized carbons (Fsp3) is 0.750. The Morgan fingerprint density at radius 2 is 2.13 bits per heavy atom. The summed E-state index contributed by atoms with van der Waals surface area (Å²) in [4.78, 5) is 7.19. The SMILES string of the molecule is CC[C@H](C)c1csc(N2CCCCC2)n1. The first-order valence-electron chi connectivity index (χ1n) is 6.01. The molecule has 0 radical (unpaired) electrons. The number of hydrogen-bond acceptors (Lipinski definition) is 3. The molecular weight excluding hydrogens is 204 g/mol. The van der Waals surface area contributed by atoms with Gasteiger partial charge in [-0.05, 0) is 31.6 Å². The van der Waals surface area contributed by atoms with Gasteiger partial charge in [0.15, 0.2) is 5.13 Å². The minimum absolute atomic E-state index is 0.611. The van der Waals surface area contributed by atoms with Crippen LogP contribution in [-0.2, 0) is 0 Å². The van der Waals surface area contributed by atoms with Crippen molar-refractivity contribution < 1.29 is 0 Å². The van der Waals surface area contributed by atoms with E-state index in [0.29, 0.717) is 5.92 Å². The predicted octanol–water partition coefficient (Wildman–Crippen LogP) is 3.65. The molecule has 84 valence electrons. The maximum Gasteiger partial charge on any atom is 0.185 e. The van der Waals surface area contributed by atoms with Crippen molar-refractivity contribution >= 4 is 16.5 Å². The molecule has 1 aromatic heterocycles. The molecule has 2 rings (SSSR count). The first kappa shape index (κ1) is 10.9. The van der Waals surface area contributed by atoms with Gasteiger partial charge in [0.25, 0.3) is 0 Å². The lowest BCUT2D eigenvalue weighted by Crippen LogP contribution is -2.29. The molecule has 1 aliphatic rings. The zero-order valence-electron chi connectivity index (χ0n) is 9.70. The Balaban J connectivity index is 2.05. The largest absolute Gasteiger partial charge is 0.348 e. The minimum Gasteiger partial charge on any atom is -0.348 e. The first-order valence-corrected chi connectivity index (χ1v) is 6.89. The molecular formula is C12H20N2S. The van der Waals surface area contributed by atoms with Crippen LogP contribution < -0.4 is 4.90 Å². The van der Waals surface area contributed by atoms with E-state index in [1.165, 1.54) is 49.6 Å². The van der Waals surface area contributed by atoms with Crippen LogP contribution in [0.2, 0.25) is 0 Å². The molecule has 0 bridgehead atoms. The van der Waals surface area contributed by atoms with E-state index < -0.39 is 0 Å². The Morgan fingerprint density at radius 3 is 2.80 bits per heavy atom. The average Bonchev–Trinajstić information content (AvgIpc) is 2.78. The van der Waals surface area contributed by atoms with E-state index in [9.17, 15) is 0 Å². The maximum absolute atomic E-state index is 4.75. The van der Waals surface area contributed by atoms with Crippen LogP contribution in [0, 0.1) is 0 Å². The van der Waals surface area contributed by atoms with Crippen LogP contribution >= 0.6 is 11.3 Å². The van der Waals surface area contributed by atoms with Crippen molar-refractivity contribution in [3.05, 3.63) is 11.1 Å². The number of thiazole rings is 1. The number of nitrogens with zero attached hydrogens (tertiary/aromatic N) is 2. The van der Waals surface area contributed by atoms with Gasteiger partial charge in [0.1, 0.15) is 0 Å². The highest BCUT2D eigenvalue weighted by molar-refractivity contribution is 7.13. The van der Waals surface area contributed by atoms with Gasteiger partial charge in [-0.2, -0.15) is 0 Å². The normalized spacial score (nSPS) is 19.2. The van der Waals surface area contributed by atoms with Crippen molar-refractivity contribution in [3.8, 4) is 0 Å². The number of rotatable bonds is 3. The van der Waals surface area contributed by atoms with Crippen molar-refractivity contribution in [3.63, 3.8) is 0 Å². The van der Waals surface area contributed by atoms with E-state index >= 15 is 0 Å². The standard InChI is InChI=1S/C12H20N2S/c1-3-10(2)11-9-15-12(13-11)14-7-5-4-6-8-14/h9-10H,3-8H2,1-2H3/t10-/m0/s1. The number of hydrogen-bond donors (Lipinski definition) is 0. The predicted molar refractivity (Wildman–Crippen MR) is 66.9 cm³/mol. The number of aromatic nitrogens is 1. The highest BCUT2D eigenvalue weighted by Gasteiger charge is 2.15. The first-order chi connectivity index (χ1) is 7.31. The van der Waals surface area contributed by atoms with Crippen LogP contribution in [0.4, 0.5) is 5.13 Å².